The number of carboxylic acids is 2. The van der Waals surface area contributed by atoms with Gasteiger partial charge < -0.3 is 10.2 Å². The quantitative estimate of drug-likeness (QED) is 0.358. The highest BCUT2D eigenvalue weighted by Crippen LogP contribution is 2.31. The average molecular weight is 462 g/mol. The molecule has 2 unspecified atom stereocenters. The van der Waals surface area contributed by atoms with Crippen LogP contribution in [-0.2, 0) is 23.2 Å². The summed E-state index contributed by atoms with van der Waals surface area (Å²) in [5.74, 6) is -4.24. The molecule has 2 aromatic carbocycles. The van der Waals surface area contributed by atoms with Crippen LogP contribution < -0.4 is 0 Å². The summed E-state index contributed by atoms with van der Waals surface area (Å²) in [6.07, 6.45) is -4.87. The molecule has 170 valence electrons. The molecule has 0 aliphatic rings. The number of carbonyl (C=O) groups excluding carboxylic acids is 2. The van der Waals surface area contributed by atoms with Gasteiger partial charge in [-0.2, -0.15) is 0 Å². The first kappa shape index (κ1) is 25.1. The normalized spacial score (nSPS) is 13.7. The Morgan fingerprint density at radius 3 is 1.31 bits per heavy atom. The molecule has 0 fully saturated rings. The van der Waals surface area contributed by atoms with Gasteiger partial charge in [-0.1, -0.05) is 59.7 Å². The van der Waals surface area contributed by atoms with E-state index in [0.717, 1.165) is 11.1 Å². The van der Waals surface area contributed by atoms with E-state index in [4.69, 9.17) is 9.05 Å². The summed E-state index contributed by atoms with van der Waals surface area (Å²) < 4.78 is 21.9. The first-order chi connectivity index (χ1) is 15.1. The highest BCUT2D eigenvalue weighted by molar-refractivity contribution is 7.33. The van der Waals surface area contributed by atoms with Gasteiger partial charge in [-0.05, 0) is 13.8 Å². The van der Waals surface area contributed by atoms with Gasteiger partial charge in [0, 0.05) is 24.0 Å². The SMILES string of the molecule is Cc1ccc(C(=O)CC(O[PH](=O)OC(CC(=O)c2ccc(C)cc2)C(=O)O)C(=O)O)cc1. The van der Waals surface area contributed by atoms with E-state index >= 15 is 0 Å². The maximum Gasteiger partial charge on any atom is 0.333 e. The Bertz CT molecular complexity index is 931. The van der Waals surface area contributed by atoms with Crippen LogP contribution in [0.15, 0.2) is 48.5 Å². The van der Waals surface area contributed by atoms with Gasteiger partial charge in [0.05, 0.1) is 0 Å². The van der Waals surface area contributed by atoms with Gasteiger partial charge in [0.25, 0.3) is 0 Å². The summed E-state index contributed by atoms with van der Waals surface area (Å²) >= 11 is 0. The van der Waals surface area contributed by atoms with Crippen molar-refractivity contribution in [3.63, 3.8) is 0 Å². The van der Waals surface area contributed by atoms with Crippen molar-refractivity contribution < 1.29 is 43.0 Å². The minimum absolute atomic E-state index is 0.248. The third kappa shape index (κ3) is 7.53. The van der Waals surface area contributed by atoms with Gasteiger partial charge in [0.1, 0.15) is 0 Å². The van der Waals surface area contributed by atoms with Crippen LogP contribution in [0.4, 0.5) is 0 Å². The number of rotatable bonds is 12. The lowest BCUT2D eigenvalue weighted by molar-refractivity contribution is -0.146. The Morgan fingerprint density at radius 2 is 1.03 bits per heavy atom. The van der Waals surface area contributed by atoms with Crippen LogP contribution in [0.2, 0.25) is 0 Å². The number of hydrogen-bond donors (Lipinski definition) is 2. The minimum Gasteiger partial charge on any atom is -0.479 e. The highest BCUT2D eigenvalue weighted by Gasteiger charge is 2.29. The van der Waals surface area contributed by atoms with E-state index in [2.05, 4.69) is 0 Å². The van der Waals surface area contributed by atoms with E-state index in [1.165, 1.54) is 24.3 Å². The maximum absolute atomic E-state index is 12.3. The van der Waals surface area contributed by atoms with Gasteiger partial charge >= 0.3 is 20.2 Å². The van der Waals surface area contributed by atoms with Crippen LogP contribution in [0.5, 0.6) is 0 Å². The zero-order chi connectivity index (χ0) is 23.8. The molecule has 32 heavy (non-hydrogen) atoms. The molecule has 0 bridgehead atoms. The Hall–Kier alpha value is -3.13. The van der Waals surface area contributed by atoms with Crippen molar-refractivity contribution in [1.82, 2.24) is 0 Å². The second-order valence-corrected chi connectivity index (χ2v) is 8.10. The maximum atomic E-state index is 12.3. The van der Waals surface area contributed by atoms with E-state index in [0.29, 0.717) is 0 Å². The van der Waals surface area contributed by atoms with Gasteiger partial charge in [0.2, 0.25) is 0 Å². The fourth-order valence-electron chi connectivity index (χ4n) is 2.67. The number of aliphatic carboxylic acids is 2. The summed E-state index contributed by atoms with van der Waals surface area (Å²) in [5.41, 5.74) is 2.31. The van der Waals surface area contributed by atoms with Crippen molar-refractivity contribution in [2.24, 2.45) is 0 Å². The van der Waals surface area contributed by atoms with Crippen LogP contribution in [0.3, 0.4) is 0 Å². The molecule has 2 aromatic rings. The molecule has 0 saturated heterocycles. The van der Waals surface area contributed by atoms with Crippen molar-refractivity contribution >= 4 is 31.8 Å². The average Bonchev–Trinajstić information content (AvgIpc) is 2.73. The van der Waals surface area contributed by atoms with Gasteiger partial charge in [0.15, 0.2) is 23.8 Å². The Labute approximate surface area is 184 Å². The summed E-state index contributed by atoms with van der Waals surface area (Å²) in [6.45, 7) is 3.65. The summed E-state index contributed by atoms with van der Waals surface area (Å²) in [7, 11) is -3.66. The van der Waals surface area contributed by atoms with Crippen LogP contribution in [0.25, 0.3) is 0 Å². The molecule has 2 rings (SSSR count). The number of Topliss-reactive ketones (excluding diaryl/α,β-unsaturated/α-hetero) is 2. The van der Waals surface area contributed by atoms with Crippen LogP contribution in [-0.4, -0.2) is 45.9 Å². The van der Waals surface area contributed by atoms with E-state index in [1.807, 2.05) is 13.8 Å². The number of carbonyl (C=O) groups is 4. The Balaban J connectivity index is 2.01. The van der Waals surface area contributed by atoms with E-state index in [1.54, 1.807) is 24.3 Å². The minimum atomic E-state index is -3.66. The van der Waals surface area contributed by atoms with Crippen molar-refractivity contribution in [2.45, 2.75) is 38.9 Å². The predicted molar refractivity (Wildman–Crippen MR) is 114 cm³/mol. The molecule has 0 aliphatic carbocycles. The molecule has 2 N–H and O–H groups in total. The standard InChI is InChI=1S/C22H23O9P/c1-13-3-7-15(8-4-13)17(23)11-19(21(25)26)30-32(29)31-20(22(27)28)12-18(24)16-9-5-14(2)6-10-16/h3-10,19-20,32H,11-12H2,1-2H3,(H,25,26)(H,27,28). The topological polar surface area (TPSA) is 144 Å². The Kier molecular flexibility index (Phi) is 9.02. The third-order valence-corrected chi connectivity index (χ3v) is 5.47. The van der Waals surface area contributed by atoms with Crippen molar-refractivity contribution in [2.75, 3.05) is 0 Å². The molecule has 9 nitrogen and oxygen atoms in total. The Morgan fingerprint density at radius 1 is 0.719 bits per heavy atom. The lowest BCUT2D eigenvalue weighted by Gasteiger charge is -2.16. The van der Waals surface area contributed by atoms with E-state index in [9.17, 15) is 34.0 Å². The molecule has 0 aliphatic heterocycles. The summed E-state index contributed by atoms with van der Waals surface area (Å²) in [4.78, 5) is 47.5. The van der Waals surface area contributed by atoms with Gasteiger partial charge in [-0.3, -0.25) is 23.2 Å². The first-order valence-electron chi connectivity index (χ1n) is 9.59. The highest BCUT2D eigenvalue weighted by atomic mass is 31.1. The van der Waals surface area contributed by atoms with Crippen molar-refractivity contribution in [3.05, 3.63) is 70.8 Å². The molecular formula is C22H23O9P. The molecule has 0 heterocycles. The monoisotopic (exact) mass is 462 g/mol. The zero-order valence-corrected chi connectivity index (χ0v) is 18.4. The third-order valence-electron chi connectivity index (χ3n) is 4.52. The van der Waals surface area contributed by atoms with Crippen LogP contribution in [0.1, 0.15) is 44.7 Å². The van der Waals surface area contributed by atoms with Crippen LogP contribution in [0, 0.1) is 13.8 Å². The molecule has 0 spiro atoms. The zero-order valence-electron chi connectivity index (χ0n) is 17.4. The van der Waals surface area contributed by atoms with Crippen molar-refractivity contribution in [3.8, 4) is 0 Å². The fraction of sp³-hybridized carbons (Fsp3) is 0.273. The molecule has 2 atom stereocenters. The van der Waals surface area contributed by atoms with Crippen molar-refractivity contribution in [1.29, 1.82) is 0 Å². The smallest absolute Gasteiger partial charge is 0.333 e. The number of aryl methyl sites for hydroxylation is 2. The van der Waals surface area contributed by atoms with E-state index < -0.39 is 56.8 Å². The lowest BCUT2D eigenvalue weighted by atomic mass is 10.0. The number of carboxylic acid groups (broad SMARTS) is 2. The number of benzene rings is 2. The van der Waals surface area contributed by atoms with E-state index in [-0.39, 0.29) is 11.1 Å². The van der Waals surface area contributed by atoms with Gasteiger partial charge in [-0.25, -0.2) is 9.59 Å². The molecule has 0 saturated carbocycles. The predicted octanol–water partition coefficient (Wildman–Crippen LogP) is 3.48. The molecule has 0 aromatic heterocycles. The fourth-order valence-corrected chi connectivity index (χ4v) is 3.56. The second kappa shape index (κ2) is 11.5. The number of hydrogen-bond acceptors (Lipinski definition) is 7. The summed E-state index contributed by atoms with van der Waals surface area (Å²) in [6, 6.07) is 12.8. The molecule has 0 radical (unpaired) electrons. The molecule has 0 amide bonds. The lowest BCUT2D eigenvalue weighted by Crippen LogP contribution is -2.28. The summed E-state index contributed by atoms with van der Waals surface area (Å²) in [5, 5.41) is 18.6. The second-order valence-electron chi connectivity index (χ2n) is 7.13. The largest absolute Gasteiger partial charge is 0.479 e. The molecule has 10 heteroatoms. The number of ketones is 2. The first-order valence-corrected chi connectivity index (χ1v) is 10.8. The van der Waals surface area contributed by atoms with Gasteiger partial charge in [-0.15, -0.1) is 0 Å². The van der Waals surface area contributed by atoms with Crippen LogP contribution >= 0.6 is 8.25 Å². The molecular weight excluding hydrogens is 439 g/mol.